The maximum Gasteiger partial charge on any atom is 0.171 e. The summed E-state index contributed by atoms with van der Waals surface area (Å²) in [5.74, 6) is 0.862. The van der Waals surface area contributed by atoms with Crippen LogP contribution in [-0.4, -0.2) is 11.2 Å². The van der Waals surface area contributed by atoms with Crippen LogP contribution < -0.4 is 15.4 Å². The predicted molar refractivity (Wildman–Crippen MR) is 106 cm³/mol. The molecule has 2 N–H and O–H groups in total. The van der Waals surface area contributed by atoms with Crippen LogP contribution in [0.2, 0.25) is 0 Å². The van der Waals surface area contributed by atoms with Crippen molar-refractivity contribution in [1.29, 1.82) is 0 Å². The zero-order chi connectivity index (χ0) is 17.5. The van der Waals surface area contributed by atoms with E-state index in [4.69, 9.17) is 17.0 Å². The van der Waals surface area contributed by atoms with Crippen LogP contribution in [0.25, 0.3) is 0 Å². The van der Waals surface area contributed by atoms with E-state index in [1.54, 1.807) is 0 Å². The van der Waals surface area contributed by atoms with Crippen molar-refractivity contribution in [1.82, 2.24) is 5.32 Å². The van der Waals surface area contributed by atoms with Gasteiger partial charge in [-0.25, -0.2) is 0 Å². The maximum absolute atomic E-state index is 5.65. The molecule has 4 heteroatoms. The first-order valence-electron chi connectivity index (χ1n) is 8.38. The van der Waals surface area contributed by atoms with Crippen LogP contribution in [0.15, 0.2) is 48.5 Å². The summed E-state index contributed by atoms with van der Waals surface area (Å²) in [7, 11) is 0. The highest BCUT2D eigenvalue weighted by Gasteiger charge is 2.10. The predicted octanol–water partition coefficient (Wildman–Crippen LogP) is 5.22. The maximum atomic E-state index is 5.65. The van der Waals surface area contributed by atoms with Gasteiger partial charge in [-0.15, -0.1) is 0 Å². The smallest absolute Gasteiger partial charge is 0.171 e. The molecule has 0 heterocycles. The highest BCUT2D eigenvalue weighted by molar-refractivity contribution is 7.80. The van der Waals surface area contributed by atoms with Gasteiger partial charge in [-0.2, -0.15) is 0 Å². The third-order valence-corrected chi connectivity index (χ3v) is 3.90. The lowest BCUT2D eigenvalue weighted by atomic mass is 10.0. The standard InChI is InChI=1S/C20H26N2OS/c1-5-19(16-8-6-15(4)7-9-16)22-20(24)21-17-10-12-18(13-11-17)23-14(2)3/h6-14,19H,5H2,1-4H3,(H2,21,22,24)/t19-/m1/s1. The van der Waals surface area contributed by atoms with Crippen molar-refractivity contribution in [2.45, 2.75) is 46.3 Å². The second-order valence-corrected chi connectivity index (χ2v) is 6.57. The minimum Gasteiger partial charge on any atom is -0.491 e. The summed E-state index contributed by atoms with van der Waals surface area (Å²) in [4.78, 5) is 0. The molecule has 3 nitrogen and oxygen atoms in total. The molecular formula is C20H26N2OS. The first kappa shape index (κ1) is 18.3. The fourth-order valence-corrected chi connectivity index (χ4v) is 2.69. The van der Waals surface area contributed by atoms with Gasteiger partial charge in [0.25, 0.3) is 0 Å². The quantitative estimate of drug-likeness (QED) is 0.705. The van der Waals surface area contributed by atoms with E-state index in [1.807, 2.05) is 38.1 Å². The molecule has 2 aromatic carbocycles. The zero-order valence-corrected chi connectivity index (χ0v) is 15.6. The van der Waals surface area contributed by atoms with E-state index in [2.05, 4.69) is 48.7 Å². The molecule has 0 amide bonds. The number of anilines is 1. The lowest BCUT2D eigenvalue weighted by Gasteiger charge is -2.20. The summed E-state index contributed by atoms with van der Waals surface area (Å²) in [5.41, 5.74) is 3.45. The molecule has 0 fully saturated rings. The summed E-state index contributed by atoms with van der Waals surface area (Å²) in [6.07, 6.45) is 1.14. The molecule has 0 unspecified atom stereocenters. The van der Waals surface area contributed by atoms with Gasteiger partial charge in [-0.1, -0.05) is 36.8 Å². The van der Waals surface area contributed by atoms with E-state index in [9.17, 15) is 0 Å². The summed E-state index contributed by atoms with van der Waals surface area (Å²) in [6.45, 7) is 8.28. The number of ether oxygens (including phenoxy) is 1. The van der Waals surface area contributed by atoms with Gasteiger partial charge < -0.3 is 15.4 Å². The number of nitrogens with one attached hydrogen (secondary N) is 2. The van der Waals surface area contributed by atoms with Gasteiger partial charge in [0.1, 0.15) is 5.75 Å². The van der Waals surface area contributed by atoms with Gasteiger partial charge in [-0.3, -0.25) is 0 Å². The lowest BCUT2D eigenvalue weighted by molar-refractivity contribution is 0.242. The Morgan fingerprint density at radius 2 is 1.67 bits per heavy atom. The Balaban J connectivity index is 1.94. The van der Waals surface area contributed by atoms with Crippen molar-refractivity contribution in [3.8, 4) is 5.75 Å². The van der Waals surface area contributed by atoms with E-state index in [1.165, 1.54) is 11.1 Å². The normalized spacial score (nSPS) is 11.9. The van der Waals surface area contributed by atoms with Crippen molar-refractivity contribution in [3.63, 3.8) is 0 Å². The van der Waals surface area contributed by atoms with Crippen LogP contribution >= 0.6 is 12.2 Å². The average Bonchev–Trinajstić information content (AvgIpc) is 2.55. The summed E-state index contributed by atoms with van der Waals surface area (Å²) < 4.78 is 5.65. The van der Waals surface area contributed by atoms with E-state index in [-0.39, 0.29) is 12.1 Å². The zero-order valence-electron chi connectivity index (χ0n) is 14.8. The molecule has 0 aliphatic carbocycles. The lowest BCUT2D eigenvalue weighted by Crippen LogP contribution is -2.32. The van der Waals surface area contributed by atoms with E-state index >= 15 is 0 Å². The van der Waals surface area contributed by atoms with Crippen LogP contribution in [0, 0.1) is 6.92 Å². The van der Waals surface area contributed by atoms with Crippen molar-refractivity contribution >= 4 is 23.0 Å². The summed E-state index contributed by atoms with van der Waals surface area (Å²) in [6, 6.07) is 16.6. The minimum absolute atomic E-state index is 0.173. The molecule has 128 valence electrons. The molecule has 0 spiro atoms. The number of hydrogen-bond donors (Lipinski definition) is 2. The Labute approximate surface area is 150 Å². The molecular weight excluding hydrogens is 316 g/mol. The molecule has 2 aromatic rings. The minimum atomic E-state index is 0.173. The second-order valence-electron chi connectivity index (χ2n) is 6.16. The molecule has 2 rings (SSSR count). The highest BCUT2D eigenvalue weighted by atomic mass is 32.1. The van der Waals surface area contributed by atoms with Gasteiger partial charge in [0.15, 0.2) is 5.11 Å². The Kier molecular flexibility index (Phi) is 6.62. The number of rotatable bonds is 6. The largest absolute Gasteiger partial charge is 0.491 e. The fraction of sp³-hybridized carbons (Fsp3) is 0.350. The molecule has 0 saturated carbocycles. The monoisotopic (exact) mass is 342 g/mol. The Morgan fingerprint density at radius 1 is 1.04 bits per heavy atom. The molecule has 0 aliphatic rings. The SMILES string of the molecule is CC[C@@H](NC(=S)Nc1ccc(OC(C)C)cc1)c1ccc(C)cc1. The molecule has 24 heavy (non-hydrogen) atoms. The molecule has 0 saturated heterocycles. The second kappa shape index (κ2) is 8.69. The summed E-state index contributed by atoms with van der Waals surface area (Å²) >= 11 is 5.45. The number of thiocarbonyl (C=S) groups is 1. The molecule has 0 radical (unpaired) electrons. The van der Waals surface area contributed by atoms with Gasteiger partial charge in [0.2, 0.25) is 0 Å². The first-order valence-corrected chi connectivity index (χ1v) is 8.79. The van der Waals surface area contributed by atoms with Crippen molar-refractivity contribution in [2.24, 2.45) is 0 Å². The number of benzene rings is 2. The van der Waals surface area contributed by atoms with Crippen molar-refractivity contribution in [3.05, 3.63) is 59.7 Å². The van der Waals surface area contributed by atoms with Gasteiger partial charge in [-0.05, 0) is 69.2 Å². The van der Waals surface area contributed by atoms with Gasteiger partial charge in [0.05, 0.1) is 12.1 Å². The van der Waals surface area contributed by atoms with Crippen LogP contribution in [0.4, 0.5) is 5.69 Å². The van der Waals surface area contributed by atoms with E-state index in [0.29, 0.717) is 5.11 Å². The van der Waals surface area contributed by atoms with Crippen LogP contribution in [0.3, 0.4) is 0 Å². The van der Waals surface area contributed by atoms with Crippen LogP contribution in [0.5, 0.6) is 5.75 Å². The van der Waals surface area contributed by atoms with E-state index < -0.39 is 0 Å². The Hall–Kier alpha value is -2.07. The fourth-order valence-electron chi connectivity index (χ4n) is 2.43. The topological polar surface area (TPSA) is 33.3 Å². The summed E-state index contributed by atoms with van der Waals surface area (Å²) in [5, 5.41) is 7.24. The van der Waals surface area contributed by atoms with Crippen LogP contribution in [-0.2, 0) is 0 Å². The average molecular weight is 343 g/mol. The Bertz CT molecular complexity index is 650. The first-order chi connectivity index (χ1) is 11.5. The highest BCUT2D eigenvalue weighted by Crippen LogP contribution is 2.19. The number of hydrogen-bond acceptors (Lipinski definition) is 2. The molecule has 0 aromatic heterocycles. The van der Waals surface area contributed by atoms with Crippen molar-refractivity contribution < 1.29 is 4.74 Å². The van der Waals surface area contributed by atoms with E-state index in [0.717, 1.165) is 17.9 Å². The molecule has 1 atom stereocenters. The third-order valence-electron chi connectivity index (χ3n) is 3.68. The molecule has 0 aliphatic heterocycles. The van der Waals surface area contributed by atoms with Crippen LogP contribution in [0.1, 0.15) is 44.4 Å². The van der Waals surface area contributed by atoms with Crippen molar-refractivity contribution in [2.75, 3.05) is 5.32 Å². The number of aryl methyl sites for hydroxylation is 1. The molecule has 0 bridgehead atoms. The Morgan fingerprint density at radius 3 is 2.21 bits per heavy atom. The van der Waals surface area contributed by atoms with Gasteiger partial charge >= 0.3 is 0 Å². The third kappa shape index (κ3) is 5.53. The van der Waals surface area contributed by atoms with Gasteiger partial charge in [0, 0.05) is 5.69 Å².